The standard InChI is InChI=1S/C12H11Cl3N2S/c1-6-12(2,3)17-11(18-6)16-10-5-8(14)7(13)4-9(10)15/h4-5H,1H2,2-3H3,(H,16,17). The van der Waals surface area contributed by atoms with Crippen LogP contribution in [0.15, 0.2) is 28.6 Å². The Kier molecular flexibility index (Phi) is 3.88. The minimum absolute atomic E-state index is 0.268. The van der Waals surface area contributed by atoms with E-state index in [0.29, 0.717) is 20.8 Å². The van der Waals surface area contributed by atoms with E-state index in [1.165, 1.54) is 11.8 Å². The maximum atomic E-state index is 6.10. The highest BCUT2D eigenvalue weighted by Crippen LogP contribution is 2.39. The Morgan fingerprint density at radius 2 is 1.78 bits per heavy atom. The van der Waals surface area contributed by atoms with Crippen LogP contribution in [0.3, 0.4) is 0 Å². The molecular weight excluding hydrogens is 311 g/mol. The van der Waals surface area contributed by atoms with Crippen molar-refractivity contribution in [2.75, 3.05) is 5.32 Å². The highest BCUT2D eigenvalue weighted by molar-refractivity contribution is 8.17. The smallest absolute Gasteiger partial charge is 0.166 e. The third-order valence-corrected chi connectivity index (χ3v) is 4.70. The minimum Gasteiger partial charge on any atom is -0.333 e. The second-order valence-electron chi connectivity index (χ2n) is 4.37. The number of amidine groups is 1. The summed E-state index contributed by atoms with van der Waals surface area (Å²) in [6.07, 6.45) is 0. The van der Waals surface area contributed by atoms with E-state index in [0.717, 1.165) is 10.1 Å². The van der Waals surface area contributed by atoms with Gasteiger partial charge in [-0.3, -0.25) is 4.99 Å². The summed E-state index contributed by atoms with van der Waals surface area (Å²) in [5.74, 6) is 0. The molecule has 1 aromatic carbocycles. The summed E-state index contributed by atoms with van der Waals surface area (Å²) in [7, 11) is 0. The average Bonchev–Trinajstić information content (AvgIpc) is 2.49. The highest BCUT2D eigenvalue weighted by Gasteiger charge is 2.30. The van der Waals surface area contributed by atoms with E-state index in [1.54, 1.807) is 12.1 Å². The Balaban J connectivity index is 2.26. The molecule has 0 amide bonds. The van der Waals surface area contributed by atoms with Crippen molar-refractivity contribution in [3.8, 4) is 0 Å². The summed E-state index contributed by atoms with van der Waals surface area (Å²) in [5, 5.41) is 5.28. The van der Waals surface area contributed by atoms with Gasteiger partial charge in [0.25, 0.3) is 0 Å². The molecular formula is C12H11Cl3N2S. The van der Waals surface area contributed by atoms with Crippen LogP contribution in [0.4, 0.5) is 5.69 Å². The van der Waals surface area contributed by atoms with Gasteiger partial charge in [0.1, 0.15) is 0 Å². The molecule has 0 radical (unpaired) electrons. The first-order valence-electron chi connectivity index (χ1n) is 5.18. The van der Waals surface area contributed by atoms with Gasteiger partial charge in [-0.15, -0.1) is 0 Å². The predicted octanol–water partition coefficient (Wildman–Crippen LogP) is 5.45. The highest BCUT2D eigenvalue weighted by atomic mass is 35.5. The fourth-order valence-corrected chi connectivity index (χ4v) is 2.93. The van der Waals surface area contributed by atoms with Crippen molar-refractivity contribution < 1.29 is 0 Å². The largest absolute Gasteiger partial charge is 0.333 e. The molecule has 0 unspecified atom stereocenters. The van der Waals surface area contributed by atoms with Gasteiger partial charge in [-0.2, -0.15) is 0 Å². The van der Waals surface area contributed by atoms with Crippen molar-refractivity contribution in [2.45, 2.75) is 19.4 Å². The third-order valence-electron chi connectivity index (χ3n) is 2.53. The molecule has 0 atom stereocenters. The van der Waals surface area contributed by atoms with E-state index in [9.17, 15) is 0 Å². The van der Waals surface area contributed by atoms with E-state index >= 15 is 0 Å². The molecule has 18 heavy (non-hydrogen) atoms. The molecule has 0 saturated heterocycles. The zero-order chi connectivity index (χ0) is 13.5. The molecule has 0 aliphatic carbocycles. The van der Waals surface area contributed by atoms with Gasteiger partial charge in [0.15, 0.2) is 5.17 Å². The number of nitrogens with one attached hydrogen (secondary N) is 1. The van der Waals surface area contributed by atoms with Crippen LogP contribution in [0, 0.1) is 0 Å². The third kappa shape index (κ3) is 2.80. The summed E-state index contributed by atoms with van der Waals surface area (Å²) < 4.78 is 0. The molecule has 0 spiro atoms. The molecule has 2 rings (SSSR count). The topological polar surface area (TPSA) is 24.4 Å². The number of benzene rings is 1. The Hall–Kier alpha value is -0.350. The van der Waals surface area contributed by atoms with Gasteiger partial charge < -0.3 is 5.32 Å². The fourth-order valence-electron chi connectivity index (χ4n) is 1.37. The maximum Gasteiger partial charge on any atom is 0.166 e. The number of rotatable bonds is 1. The second-order valence-corrected chi connectivity index (χ2v) is 6.68. The summed E-state index contributed by atoms with van der Waals surface area (Å²) in [6.45, 7) is 8.00. The molecule has 0 bridgehead atoms. The van der Waals surface area contributed by atoms with Crippen LogP contribution in [0.5, 0.6) is 0 Å². The molecule has 6 heteroatoms. The summed E-state index contributed by atoms with van der Waals surface area (Å²) in [6, 6.07) is 3.29. The quantitative estimate of drug-likeness (QED) is 0.695. The van der Waals surface area contributed by atoms with Crippen LogP contribution in [0.25, 0.3) is 0 Å². The number of nitrogens with zero attached hydrogens (tertiary/aromatic N) is 1. The van der Waals surface area contributed by atoms with Gasteiger partial charge in [-0.1, -0.05) is 53.1 Å². The summed E-state index contributed by atoms with van der Waals surface area (Å²) in [5.41, 5.74) is 0.415. The molecule has 0 aromatic heterocycles. The number of hydrogen-bond donors (Lipinski definition) is 1. The van der Waals surface area contributed by atoms with E-state index in [4.69, 9.17) is 34.8 Å². The zero-order valence-electron chi connectivity index (χ0n) is 9.85. The Morgan fingerprint density at radius 1 is 1.17 bits per heavy atom. The van der Waals surface area contributed by atoms with Gasteiger partial charge in [-0.25, -0.2) is 0 Å². The van der Waals surface area contributed by atoms with Crippen molar-refractivity contribution in [1.82, 2.24) is 0 Å². The fraction of sp³-hybridized carbons (Fsp3) is 0.250. The van der Waals surface area contributed by atoms with Crippen LogP contribution in [-0.4, -0.2) is 10.7 Å². The van der Waals surface area contributed by atoms with E-state index < -0.39 is 0 Å². The molecule has 2 nitrogen and oxygen atoms in total. The molecule has 0 fully saturated rings. The number of anilines is 1. The van der Waals surface area contributed by atoms with E-state index in [2.05, 4.69) is 16.9 Å². The van der Waals surface area contributed by atoms with Crippen LogP contribution in [0.1, 0.15) is 13.8 Å². The lowest BCUT2D eigenvalue weighted by atomic mass is 10.1. The SMILES string of the molecule is C=C1SC(Nc2cc(Cl)c(Cl)cc2Cl)=NC1(C)C. The van der Waals surface area contributed by atoms with Crippen LogP contribution >= 0.6 is 46.6 Å². The number of thioether (sulfide) groups is 1. The average molecular weight is 322 g/mol. The van der Waals surface area contributed by atoms with Gasteiger partial charge in [0.05, 0.1) is 26.3 Å². The number of hydrogen-bond acceptors (Lipinski definition) is 3. The van der Waals surface area contributed by atoms with E-state index in [-0.39, 0.29) is 5.54 Å². The lowest BCUT2D eigenvalue weighted by molar-refractivity contribution is 0.657. The molecule has 1 aromatic rings. The Bertz CT molecular complexity index is 552. The van der Waals surface area contributed by atoms with E-state index in [1.807, 2.05) is 13.8 Å². The van der Waals surface area contributed by atoms with Gasteiger partial charge >= 0.3 is 0 Å². The number of aliphatic imine (C=N–C) groups is 1. The predicted molar refractivity (Wildman–Crippen MR) is 83.3 cm³/mol. The first-order chi connectivity index (χ1) is 8.29. The second kappa shape index (κ2) is 4.97. The van der Waals surface area contributed by atoms with Crippen LogP contribution < -0.4 is 5.32 Å². The number of halogens is 3. The van der Waals surface area contributed by atoms with Crippen molar-refractivity contribution in [1.29, 1.82) is 0 Å². The molecule has 1 aliphatic rings. The van der Waals surface area contributed by atoms with Gasteiger partial charge in [0.2, 0.25) is 0 Å². The molecule has 1 heterocycles. The first kappa shape index (κ1) is 14.1. The molecule has 1 N–H and O–H groups in total. The molecule has 0 saturated carbocycles. The van der Waals surface area contributed by atoms with Crippen molar-refractivity contribution >= 4 is 57.4 Å². The molecule has 96 valence electrons. The minimum atomic E-state index is -0.268. The lowest BCUT2D eigenvalue weighted by Gasteiger charge is -2.12. The van der Waals surface area contributed by atoms with Crippen LogP contribution in [0.2, 0.25) is 15.1 Å². The van der Waals surface area contributed by atoms with Gasteiger partial charge in [-0.05, 0) is 26.0 Å². The van der Waals surface area contributed by atoms with Gasteiger partial charge in [0, 0.05) is 4.91 Å². The Morgan fingerprint density at radius 3 is 2.33 bits per heavy atom. The Labute approximate surface area is 125 Å². The maximum absolute atomic E-state index is 6.10. The summed E-state index contributed by atoms with van der Waals surface area (Å²) >= 11 is 19.4. The zero-order valence-corrected chi connectivity index (χ0v) is 12.9. The summed E-state index contributed by atoms with van der Waals surface area (Å²) in [4.78, 5) is 5.51. The molecule has 1 aliphatic heterocycles. The van der Waals surface area contributed by atoms with Crippen molar-refractivity contribution in [2.24, 2.45) is 4.99 Å². The lowest BCUT2D eigenvalue weighted by Crippen LogP contribution is -2.13. The van der Waals surface area contributed by atoms with Crippen molar-refractivity contribution in [3.05, 3.63) is 38.7 Å². The normalized spacial score (nSPS) is 17.8. The first-order valence-corrected chi connectivity index (χ1v) is 7.13. The monoisotopic (exact) mass is 320 g/mol. The van der Waals surface area contributed by atoms with Crippen LogP contribution in [-0.2, 0) is 0 Å². The van der Waals surface area contributed by atoms with Crippen molar-refractivity contribution in [3.63, 3.8) is 0 Å².